The van der Waals surface area contributed by atoms with Crippen molar-refractivity contribution in [3.63, 3.8) is 0 Å². The van der Waals surface area contributed by atoms with Gasteiger partial charge >= 0.3 is 0 Å². The number of carbonyl (C=O) groups is 1. The number of benzene rings is 1. The molecule has 0 spiro atoms. The molecule has 2 N–H and O–H groups in total. The second-order valence-electron chi connectivity index (χ2n) is 4.19. The van der Waals surface area contributed by atoms with E-state index in [1.165, 1.54) is 23.5 Å². The van der Waals surface area contributed by atoms with Crippen LogP contribution in [0.25, 0.3) is 0 Å². The molecule has 1 amide bonds. The summed E-state index contributed by atoms with van der Waals surface area (Å²) in [5.74, 6) is 4.14. The number of thiazole rings is 1. The van der Waals surface area contributed by atoms with Crippen LogP contribution in [0, 0.1) is 24.6 Å². The third kappa shape index (κ3) is 4.12. The number of amides is 1. The topological polar surface area (TPSA) is 62.2 Å². The Morgan fingerprint density at radius 3 is 3.00 bits per heavy atom. The van der Waals surface area contributed by atoms with E-state index in [-0.39, 0.29) is 18.7 Å². The Kier molecular flexibility index (Phi) is 5.04. The minimum absolute atomic E-state index is 0.142. The molecule has 0 aliphatic rings. The molecule has 0 fully saturated rings. The Balaban J connectivity index is 2.15. The molecule has 0 radical (unpaired) electrons. The lowest BCUT2D eigenvalue weighted by Gasteiger charge is -2.06. The summed E-state index contributed by atoms with van der Waals surface area (Å²) >= 11 is 1.50. The molecule has 108 valence electrons. The molecule has 1 heterocycles. The van der Waals surface area contributed by atoms with E-state index in [0.717, 1.165) is 16.8 Å². The monoisotopic (exact) mass is 304 g/mol. The maximum atomic E-state index is 13.3. The molecular weight excluding hydrogens is 291 g/mol. The third-order valence-electron chi connectivity index (χ3n) is 2.62. The molecule has 4 nitrogen and oxygen atoms in total. The number of nitrogens with one attached hydrogen (secondary N) is 1. The lowest BCUT2D eigenvalue weighted by Crippen LogP contribution is -2.24. The zero-order chi connectivity index (χ0) is 15.2. The van der Waals surface area contributed by atoms with Crippen LogP contribution >= 0.6 is 11.3 Å². The van der Waals surface area contributed by atoms with Gasteiger partial charge in [-0.25, -0.2) is 9.37 Å². The van der Waals surface area contributed by atoms with Crippen molar-refractivity contribution in [3.05, 3.63) is 51.2 Å². The van der Waals surface area contributed by atoms with Crippen molar-refractivity contribution >= 4 is 17.2 Å². The van der Waals surface area contributed by atoms with Gasteiger partial charge in [0, 0.05) is 10.9 Å². The predicted molar refractivity (Wildman–Crippen MR) is 78.4 cm³/mol. The van der Waals surface area contributed by atoms with Crippen LogP contribution in [0.3, 0.4) is 0 Å². The Morgan fingerprint density at radius 2 is 2.33 bits per heavy atom. The van der Waals surface area contributed by atoms with E-state index in [2.05, 4.69) is 22.1 Å². The van der Waals surface area contributed by atoms with Crippen molar-refractivity contribution in [2.45, 2.75) is 13.5 Å². The quantitative estimate of drug-likeness (QED) is 0.851. The van der Waals surface area contributed by atoms with Crippen LogP contribution in [0.15, 0.2) is 23.6 Å². The van der Waals surface area contributed by atoms with Crippen molar-refractivity contribution < 1.29 is 14.3 Å². The molecule has 0 aliphatic heterocycles. The summed E-state index contributed by atoms with van der Waals surface area (Å²) in [5.41, 5.74) is 1.27. The van der Waals surface area contributed by atoms with Gasteiger partial charge in [0.15, 0.2) is 0 Å². The summed E-state index contributed by atoms with van der Waals surface area (Å²) < 4.78 is 13.3. The van der Waals surface area contributed by atoms with Crippen molar-refractivity contribution in [3.8, 4) is 11.8 Å². The minimum Gasteiger partial charge on any atom is -0.384 e. The van der Waals surface area contributed by atoms with Gasteiger partial charge in [0.2, 0.25) is 0 Å². The summed E-state index contributed by atoms with van der Waals surface area (Å²) in [7, 11) is 0. The van der Waals surface area contributed by atoms with Gasteiger partial charge in [0.05, 0.1) is 22.8 Å². The molecular formula is C15H13FN2O2S. The first-order valence-corrected chi connectivity index (χ1v) is 7.06. The number of hydrogen-bond donors (Lipinski definition) is 2. The molecule has 2 rings (SSSR count). The van der Waals surface area contributed by atoms with E-state index in [4.69, 9.17) is 5.11 Å². The highest BCUT2D eigenvalue weighted by atomic mass is 32.1. The van der Waals surface area contributed by atoms with Crippen LogP contribution in [0.2, 0.25) is 0 Å². The Hall–Kier alpha value is -2.23. The van der Waals surface area contributed by atoms with Gasteiger partial charge in [-0.05, 0) is 25.1 Å². The number of nitrogens with zero attached hydrogens (tertiary/aromatic N) is 1. The number of halogens is 1. The van der Waals surface area contributed by atoms with E-state index in [1.807, 2.05) is 12.3 Å². The van der Waals surface area contributed by atoms with Gasteiger partial charge in [-0.1, -0.05) is 11.8 Å². The molecule has 0 saturated heterocycles. The standard InChI is InChI=1S/C15H13FN2O2S/c1-10-18-13(9-21-10)8-17-15(20)14-7-12(16)5-4-11(14)3-2-6-19/h4-5,7,9,19H,6,8H2,1H3,(H,17,20). The number of aryl methyl sites for hydroxylation is 1. The van der Waals surface area contributed by atoms with Gasteiger partial charge in [0.25, 0.3) is 5.91 Å². The average molecular weight is 304 g/mol. The van der Waals surface area contributed by atoms with E-state index >= 15 is 0 Å². The molecule has 0 bridgehead atoms. The molecule has 0 saturated carbocycles. The number of carbonyl (C=O) groups excluding carboxylic acids is 1. The molecule has 0 aliphatic carbocycles. The summed E-state index contributed by atoms with van der Waals surface area (Å²) in [4.78, 5) is 16.4. The molecule has 0 atom stereocenters. The molecule has 2 aromatic rings. The number of aromatic nitrogens is 1. The van der Waals surface area contributed by atoms with E-state index < -0.39 is 11.7 Å². The highest BCUT2D eigenvalue weighted by Gasteiger charge is 2.12. The average Bonchev–Trinajstić information content (AvgIpc) is 2.89. The van der Waals surface area contributed by atoms with Gasteiger partial charge in [-0.15, -0.1) is 11.3 Å². The lowest BCUT2D eigenvalue weighted by atomic mass is 10.1. The normalized spacial score (nSPS) is 9.86. The number of hydrogen-bond acceptors (Lipinski definition) is 4. The van der Waals surface area contributed by atoms with Crippen LogP contribution in [-0.4, -0.2) is 22.6 Å². The Morgan fingerprint density at radius 1 is 1.52 bits per heavy atom. The maximum Gasteiger partial charge on any atom is 0.252 e. The summed E-state index contributed by atoms with van der Waals surface area (Å²) in [6.45, 7) is 1.83. The Bertz CT molecular complexity index is 716. The van der Waals surface area contributed by atoms with Gasteiger partial charge in [0.1, 0.15) is 12.4 Å². The number of aliphatic hydroxyl groups excluding tert-OH is 1. The number of aliphatic hydroxyl groups is 1. The smallest absolute Gasteiger partial charge is 0.252 e. The SMILES string of the molecule is Cc1nc(CNC(=O)c2cc(F)ccc2C#CCO)cs1. The fourth-order valence-electron chi connectivity index (χ4n) is 1.70. The molecule has 1 aromatic heterocycles. The lowest BCUT2D eigenvalue weighted by molar-refractivity contribution is 0.0949. The molecule has 0 unspecified atom stereocenters. The largest absolute Gasteiger partial charge is 0.384 e. The second kappa shape index (κ2) is 6.97. The molecule has 6 heteroatoms. The fraction of sp³-hybridized carbons (Fsp3) is 0.200. The summed E-state index contributed by atoms with van der Waals surface area (Å²) in [5, 5.41) is 14.2. The zero-order valence-corrected chi connectivity index (χ0v) is 12.1. The highest BCUT2D eigenvalue weighted by Crippen LogP contribution is 2.12. The Labute approximate surface area is 125 Å². The third-order valence-corrected chi connectivity index (χ3v) is 3.45. The second-order valence-corrected chi connectivity index (χ2v) is 5.25. The van der Waals surface area contributed by atoms with Gasteiger partial charge in [-0.2, -0.15) is 0 Å². The van der Waals surface area contributed by atoms with Crippen LogP contribution < -0.4 is 5.32 Å². The van der Waals surface area contributed by atoms with Crippen molar-refractivity contribution in [2.24, 2.45) is 0 Å². The van der Waals surface area contributed by atoms with Crippen LogP contribution in [-0.2, 0) is 6.54 Å². The van der Waals surface area contributed by atoms with Crippen LogP contribution in [0.1, 0.15) is 26.6 Å². The molecule has 21 heavy (non-hydrogen) atoms. The maximum absolute atomic E-state index is 13.3. The van der Waals surface area contributed by atoms with E-state index in [1.54, 1.807) is 0 Å². The first kappa shape index (κ1) is 15.2. The number of rotatable bonds is 3. The zero-order valence-electron chi connectivity index (χ0n) is 11.3. The minimum atomic E-state index is -0.515. The van der Waals surface area contributed by atoms with E-state index in [9.17, 15) is 9.18 Å². The molecule has 1 aromatic carbocycles. The van der Waals surface area contributed by atoms with Crippen molar-refractivity contribution in [1.82, 2.24) is 10.3 Å². The predicted octanol–water partition coefficient (Wildman–Crippen LogP) is 1.86. The van der Waals surface area contributed by atoms with Crippen LogP contribution in [0.4, 0.5) is 4.39 Å². The van der Waals surface area contributed by atoms with Gasteiger partial charge < -0.3 is 10.4 Å². The van der Waals surface area contributed by atoms with Gasteiger partial charge in [-0.3, -0.25) is 4.79 Å². The van der Waals surface area contributed by atoms with Crippen LogP contribution in [0.5, 0.6) is 0 Å². The summed E-state index contributed by atoms with van der Waals surface area (Å²) in [6.07, 6.45) is 0. The van der Waals surface area contributed by atoms with E-state index in [0.29, 0.717) is 5.56 Å². The van der Waals surface area contributed by atoms with Crippen molar-refractivity contribution in [1.29, 1.82) is 0 Å². The highest BCUT2D eigenvalue weighted by molar-refractivity contribution is 7.09. The summed E-state index contributed by atoms with van der Waals surface area (Å²) in [6, 6.07) is 3.77. The van der Waals surface area contributed by atoms with Crippen molar-refractivity contribution in [2.75, 3.05) is 6.61 Å². The fourth-order valence-corrected chi connectivity index (χ4v) is 2.32. The first-order valence-electron chi connectivity index (χ1n) is 6.18. The first-order chi connectivity index (χ1) is 10.1.